The molecule has 1 amide bonds. The molecule has 2 N–H and O–H groups in total. The standard InChI is InChI=1S/C19H24N2O5S/c1-13(2)15-7-5-6-8-16(15)21-19(22)12-20-27(23,24)18-11-14(25-3)9-10-17(18)26-4/h5-11,13,20H,12H2,1-4H3,(H,21,22). The fraction of sp³-hybridized carbons (Fsp3) is 0.316. The monoisotopic (exact) mass is 392 g/mol. The lowest BCUT2D eigenvalue weighted by molar-refractivity contribution is -0.115. The molecule has 7 nitrogen and oxygen atoms in total. The van der Waals surface area contributed by atoms with E-state index in [-0.39, 0.29) is 16.6 Å². The number of sulfonamides is 1. The zero-order valence-corrected chi connectivity index (χ0v) is 16.6. The van der Waals surface area contributed by atoms with Gasteiger partial charge in [0.1, 0.15) is 16.4 Å². The van der Waals surface area contributed by atoms with Crippen LogP contribution in [-0.2, 0) is 14.8 Å². The predicted octanol–water partition coefficient (Wildman–Crippen LogP) is 2.74. The third-order valence-electron chi connectivity index (χ3n) is 3.94. The Balaban J connectivity index is 2.13. The molecule has 0 aliphatic carbocycles. The van der Waals surface area contributed by atoms with E-state index < -0.39 is 22.5 Å². The second-order valence-corrected chi connectivity index (χ2v) is 7.87. The summed E-state index contributed by atoms with van der Waals surface area (Å²) in [5.41, 5.74) is 1.64. The lowest BCUT2D eigenvalue weighted by Crippen LogP contribution is -2.33. The van der Waals surface area contributed by atoms with Gasteiger partial charge < -0.3 is 14.8 Å². The van der Waals surface area contributed by atoms with Crippen molar-refractivity contribution in [2.75, 3.05) is 26.1 Å². The summed E-state index contributed by atoms with van der Waals surface area (Å²) in [5.74, 6) is 0.285. The highest BCUT2D eigenvalue weighted by atomic mass is 32.2. The summed E-state index contributed by atoms with van der Waals surface area (Å²) in [5, 5.41) is 2.75. The summed E-state index contributed by atoms with van der Waals surface area (Å²) in [6.07, 6.45) is 0. The summed E-state index contributed by atoms with van der Waals surface area (Å²) in [6, 6.07) is 11.8. The van der Waals surface area contributed by atoms with Gasteiger partial charge in [-0.1, -0.05) is 32.0 Å². The largest absolute Gasteiger partial charge is 0.497 e. The van der Waals surface area contributed by atoms with Gasteiger partial charge in [-0.3, -0.25) is 4.79 Å². The van der Waals surface area contributed by atoms with Crippen molar-refractivity contribution in [3.05, 3.63) is 48.0 Å². The number of hydrogen-bond donors (Lipinski definition) is 2. The normalized spacial score (nSPS) is 11.3. The van der Waals surface area contributed by atoms with Crippen LogP contribution in [0.15, 0.2) is 47.4 Å². The van der Waals surface area contributed by atoms with E-state index in [0.29, 0.717) is 11.4 Å². The van der Waals surface area contributed by atoms with Crippen LogP contribution in [-0.4, -0.2) is 35.1 Å². The van der Waals surface area contributed by atoms with Crippen LogP contribution in [0, 0.1) is 0 Å². The Bertz CT molecular complexity index is 910. The Labute approximate surface area is 159 Å². The maximum atomic E-state index is 12.6. The summed E-state index contributed by atoms with van der Waals surface area (Å²) in [6.45, 7) is 3.63. The van der Waals surface area contributed by atoms with Crippen molar-refractivity contribution in [3.63, 3.8) is 0 Å². The summed E-state index contributed by atoms with van der Waals surface area (Å²) >= 11 is 0. The maximum absolute atomic E-state index is 12.6. The lowest BCUT2D eigenvalue weighted by Gasteiger charge is -2.15. The molecule has 2 aromatic carbocycles. The first-order chi connectivity index (χ1) is 12.8. The van der Waals surface area contributed by atoms with Gasteiger partial charge in [-0.2, -0.15) is 0 Å². The molecule has 0 fully saturated rings. The molecule has 0 aromatic heterocycles. The number of amides is 1. The van der Waals surface area contributed by atoms with Crippen molar-refractivity contribution in [2.24, 2.45) is 0 Å². The molecule has 0 bridgehead atoms. The molecule has 0 saturated carbocycles. The van der Waals surface area contributed by atoms with Gasteiger partial charge in [0.05, 0.1) is 20.8 Å². The van der Waals surface area contributed by atoms with Gasteiger partial charge >= 0.3 is 0 Å². The van der Waals surface area contributed by atoms with E-state index in [2.05, 4.69) is 10.0 Å². The van der Waals surface area contributed by atoms with Crippen molar-refractivity contribution < 1.29 is 22.7 Å². The van der Waals surface area contributed by atoms with Crippen LogP contribution in [0.5, 0.6) is 11.5 Å². The number of carbonyl (C=O) groups excluding carboxylic acids is 1. The molecule has 2 aromatic rings. The number of para-hydroxylation sites is 1. The molecule has 146 valence electrons. The predicted molar refractivity (Wildman–Crippen MR) is 104 cm³/mol. The molecule has 0 aliphatic rings. The topological polar surface area (TPSA) is 93.7 Å². The Morgan fingerprint density at radius 3 is 2.41 bits per heavy atom. The number of methoxy groups -OCH3 is 2. The molecular weight excluding hydrogens is 368 g/mol. The van der Waals surface area contributed by atoms with Crippen LogP contribution in [0.2, 0.25) is 0 Å². The van der Waals surface area contributed by atoms with Crippen LogP contribution in [0.1, 0.15) is 25.3 Å². The Kier molecular flexibility index (Phi) is 6.81. The smallest absolute Gasteiger partial charge is 0.244 e. The molecule has 0 radical (unpaired) electrons. The number of anilines is 1. The number of hydrogen-bond acceptors (Lipinski definition) is 5. The second kappa shape index (κ2) is 8.88. The van der Waals surface area contributed by atoms with E-state index in [9.17, 15) is 13.2 Å². The Morgan fingerprint density at radius 1 is 1.07 bits per heavy atom. The highest BCUT2D eigenvalue weighted by molar-refractivity contribution is 7.89. The van der Waals surface area contributed by atoms with Crippen molar-refractivity contribution in [1.82, 2.24) is 4.72 Å². The molecule has 0 heterocycles. The quantitative estimate of drug-likeness (QED) is 0.720. The number of benzene rings is 2. The van der Waals surface area contributed by atoms with Crippen molar-refractivity contribution in [3.8, 4) is 11.5 Å². The van der Waals surface area contributed by atoms with E-state index in [1.165, 1.54) is 26.4 Å². The average Bonchev–Trinajstić information content (AvgIpc) is 2.66. The van der Waals surface area contributed by atoms with Gasteiger partial charge in [0, 0.05) is 11.8 Å². The van der Waals surface area contributed by atoms with Crippen molar-refractivity contribution >= 4 is 21.6 Å². The minimum Gasteiger partial charge on any atom is -0.497 e. The van der Waals surface area contributed by atoms with Gasteiger partial charge in [0.25, 0.3) is 0 Å². The molecule has 2 rings (SSSR count). The van der Waals surface area contributed by atoms with Crippen LogP contribution in [0.25, 0.3) is 0 Å². The van der Waals surface area contributed by atoms with Crippen LogP contribution >= 0.6 is 0 Å². The number of ether oxygens (including phenoxy) is 2. The molecular formula is C19H24N2O5S. The maximum Gasteiger partial charge on any atom is 0.244 e. The molecule has 0 spiro atoms. The lowest BCUT2D eigenvalue weighted by atomic mass is 10.0. The van der Waals surface area contributed by atoms with E-state index >= 15 is 0 Å². The van der Waals surface area contributed by atoms with Gasteiger partial charge in [0.2, 0.25) is 15.9 Å². The SMILES string of the molecule is COc1ccc(OC)c(S(=O)(=O)NCC(=O)Nc2ccccc2C(C)C)c1. The Hall–Kier alpha value is -2.58. The second-order valence-electron chi connectivity index (χ2n) is 6.13. The van der Waals surface area contributed by atoms with Crippen LogP contribution < -0.4 is 19.5 Å². The summed E-state index contributed by atoms with van der Waals surface area (Å²) < 4.78 is 37.6. The summed E-state index contributed by atoms with van der Waals surface area (Å²) in [4.78, 5) is 12.2. The van der Waals surface area contributed by atoms with Gasteiger partial charge in [-0.15, -0.1) is 0 Å². The minimum atomic E-state index is -3.97. The van der Waals surface area contributed by atoms with Gasteiger partial charge in [-0.25, -0.2) is 13.1 Å². The van der Waals surface area contributed by atoms with Crippen molar-refractivity contribution in [1.29, 1.82) is 0 Å². The average molecular weight is 392 g/mol. The molecule has 0 saturated heterocycles. The minimum absolute atomic E-state index is 0.0975. The highest BCUT2D eigenvalue weighted by Crippen LogP contribution is 2.28. The van der Waals surface area contributed by atoms with Crippen LogP contribution in [0.3, 0.4) is 0 Å². The zero-order chi connectivity index (χ0) is 20.0. The van der Waals surface area contributed by atoms with Gasteiger partial charge in [0.15, 0.2) is 0 Å². The van der Waals surface area contributed by atoms with E-state index in [4.69, 9.17) is 9.47 Å². The van der Waals surface area contributed by atoms with Crippen LogP contribution in [0.4, 0.5) is 5.69 Å². The third kappa shape index (κ3) is 5.21. The summed E-state index contributed by atoms with van der Waals surface area (Å²) in [7, 11) is -1.16. The number of carbonyl (C=O) groups is 1. The van der Waals surface area contributed by atoms with E-state index in [0.717, 1.165) is 5.56 Å². The highest BCUT2D eigenvalue weighted by Gasteiger charge is 2.21. The zero-order valence-electron chi connectivity index (χ0n) is 15.8. The number of nitrogens with one attached hydrogen (secondary N) is 2. The first-order valence-corrected chi connectivity index (χ1v) is 9.87. The molecule has 27 heavy (non-hydrogen) atoms. The first kappa shape index (κ1) is 20.7. The molecule has 0 atom stereocenters. The van der Waals surface area contributed by atoms with Gasteiger partial charge in [-0.05, 0) is 29.7 Å². The molecule has 0 aliphatic heterocycles. The number of rotatable bonds is 8. The third-order valence-corrected chi connectivity index (χ3v) is 5.36. The molecule has 8 heteroatoms. The Morgan fingerprint density at radius 2 is 1.78 bits per heavy atom. The fourth-order valence-corrected chi connectivity index (χ4v) is 3.71. The first-order valence-electron chi connectivity index (χ1n) is 8.39. The van der Waals surface area contributed by atoms with Crippen molar-refractivity contribution in [2.45, 2.75) is 24.7 Å². The van der Waals surface area contributed by atoms with E-state index in [1.807, 2.05) is 32.0 Å². The molecule has 0 unspecified atom stereocenters. The fourth-order valence-electron chi connectivity index (χ4n) is 2.54. The van der Waals surface area contributed by atoms with E-state index in [1.54, 1.807) is 12.1 Å².